The van der Waals surface area contributed by atoms with Gasteiger partial charge in [-0.2, -0.15) is 27.3 Å². The van der Waals surface area contributed by atoms with Crippen molar-refractivity contribution in [1.82, 2.24) is 19.6 Å². The Bertz CT molecular complexity index is 1430. The summed E-state index contributed by atoms with van der Waals surface area (Å²) in [5.74, 6) is -6.36. The van der Waals surface area contributed by atoms with E-state index in [2.05, 4.69) is 5.10 Å². The molecule has 0 N–H and O–H groups in total. The van der Waals surface area contributed by atoms with Gasteiger partial charge in [-0.1, -0.05) is 35.3 Å². The Labute approximate surface area is 246 Å². The number of rotatable bonds is 5. The highest BCUT2D eigenvalue weighted by Crippen LogP contribution is 2.44. The minimum absolute atomic E-state index is 0.0408. The molecule has 2 saturated heterocycles. The molecule has 8 nitrogen and oxygen atoms in total. The fraction of sp³-hybridized carbons (Fsp3) is 0.423. The number of carbonyl (C=O) groups is 2. The molecule has 41 heavy (non-hydrogen) atoms. The van der Waals surface area contributed by atoms with Crippen LogP contribution in [0.3, 0.4) is 0 Å². The van der Waals surface area contributed by atoms with E-state index in [1.165, 1.54) is 28.0 Å². The van der Waals surface area contributed by atoms with Crippen molar-refractivity contribution in [2.45, 2.75) is 25.1 Å². The van der Waals surface area contributed by atoms with Crippen LogP contribution in [0.4, 0.5) is 22.4 Å². The third kappa shape index (κ3) is 6.32. The Balaban J connectivity index is 1.53. The summed E-state index contributed by atoms with van der Waals surface area (Å²) in [6.07, 6.45) is -5.17. The number of piperidine rings is 1. The van der Waals surface area contributed by atoms with Crippen molar-refractivity contribution in [3.05, 3.63) is 67.7 Å². The molecule has 2 aliphatic rings. The quantitative estimate of drug-likeness (QED) is 0.318. The van der Waals surface area contributed by atoms with Crippen molar-refractivity contribution >= 4 is 46.5 Å². The zero-order valence-corrected chi connectivity index (χ0v) is 23.7. The second-order valence-corrected chi connectivity index (χ2v) is 11.8. The Kier molecular flexibility index (Phi) is 8.78. The van der Waals surface area contributed by atoms with Gasteiger partial charge in [-0.25, -0.2) is 4.79 Å². The summed E-state index contributed by atoms with van der Waals surface area (Å²) in [6, 6.07) is 8.73. The number of carbonyl (C=O) groups excluding carboxylic acids is 2. The van der Waals surface area contributed by atoms with Crippen molar-refractivity contribution in [3.63, 3.8) is 0 Å². The molecular weight excluding hydrogens is 611 g/mol. The number of thiophene rings is 1. The van der Waals surface area contributed by atoms with Gasteiger partial charge in [-0.3, -0.25) is 4.79 Å². The van der Waals surface area contributed by atoms with E-state index in [1.807, 2.05) is 0 Å². The monoisotopic (exact) mass is 634 g/mol. The highest BCUT2D eigenvalue weighted by Gasteiger charge is 2.51. The number of amides is 2. The molecule has 3 aromatic rings. The van der Waals surface area contributed by atoms with E-state index in [9.17, 15) is 22.8 Å². The molecule has 5 rings (SSSR count). The molecule has 0 aliphatic carbocycles. The van der Waals surface area contributed by atoms with E-state index in [4.69, 9.17) is 32.7 Å². The molecule has 1 aromatic carbocycles. The topological polar surface area (TPSA) is 76.9 Å². The maximum absolute atomic E-state index is 16.1. The number of hydrogen-bond donors (Lipinski definition) is 0. The number of halogens is 6. The summed E-state index contributed by atoms with van der Waals surface area (Å²) < 4.78 is 70.7. The molecule has 0 radical (unpaired) electrons. The van der Waals surface area contributed by atoms with Crippen LogP contribution in [0.5, 0.6) is 5.88 Å². The lowest BCUT2D eigenvalue weighted by molar-refractivity contribution is -0.190. The van der Waals surface area contributed by atoms with E-state index in [-0.39, 0.29) is 23.7 Å². The van der Waals surface area contributed by atoms with Crippen molar-refractivity contribution in [2.75, 3.05) is 39.4 Å². The van der Waals surface area contributed by atoms with Crippen LogP contribution in [0, 0.1) is 11.7 Å². The van der Waals surface area contributed by atoms with E-state index < -0.39 is 60.3 Å². The Morgan fingerprint density at radius 2 is 1.80 bits per heavy atom. The lowest BCUT2D eigenvalue weighted by Crippen LogP contribution is -2.53. The number of morpholine rings is 1. The molecule has 0 saturated carbocycles. The molecule has 0 spiro atoms. The average molecular weight is 635 g/mol. The van der Waals surface area contributed by atoms with Crippen molar-refractivity contribution in [2.24, 2.45) is 5.92 Å². The van der Waals surface area contributed by atoms with Crippen LogP contribution in [-0.2, 0) is 11.3 Å². The summed E-state index contributed by atoms with van der Waals surface area (Å²) in [5, 5.41) is 4.09. The van der Waals surface area contributed by atoms with E-state index in [0.717, 1.165) is 11.3 Å². The smallest absolute Gasteiger partial charge is 0.392 e. The van der Waals surface area contributed by atoms with Gasteiger partial charge in [0.15, 0.2) is 0 Å². The number of alkyl halides is 3. The molecule has 2 atom stereocenters. The highest BCUT2D eigenvalue weighted by molar-refractivity contribution is 7.16. The molecule has 220 valence electrons. The first-order valence-electron chi connectivity index (χ1n) is 12.7. The van der Waals surface area contributed by atoms with Gasteiger partial charge in [0.2, 0.25) is 5.82 Å². The van der Waals surface area contributed by atoms with Gasteiger partial charge in [0.1, 0.15) is 12.3 Å². The fourth-order valence-electron chi connectivity index (χ4n) is 4.97. The van der Waals surface area contributed by atoms with Crippen LogP contribution in [-0.4, -0.2) is 77.1 Å². The Morgan fingerprint density at radius 1 is 1.07 bits per heavy atom. The first-order chi connectivity index (χ1) is 19.5. The zero-order valence-electron chi connectivity index (χ0n) is 21.4. The summed E-state index contributed by atoms with van der Waals surface area (Å²) in [6.45, 7) is 0.381. The summed E-state index contributed by atoms with van der Waals surface area (Å²) in [7, 11) is 0. The van der Waals surface area contributed by atoms with E-state index >= 15 is 4.39 Å². The lowest BCUT2D eigenvalue weighted by Gasteiger charge is -2.41. The number of benzene rings is 1. The van der Waals surface area contributed by atoms with Crippen molar-refractivity contribution < 1.29 is 36.6 Å². The average Bonchev–Trinajstić information content (AvgIpc) is 3.53. The normalized spacial score (nSPS) is 19.9. The van der Waals surface area contributed by atoms with E-state index in [1.54, 1.807) is 18.2 Å². The molecule has 15 heteroatoms. The minimum atomic E-state index is -4.71. The maximum atomic E-state index is 16.1. The fourth-order valence-corrected chi connectivity index (χ4v) is 6.18. The number of aromatic nitrogens is 2. The molecular formula is C26H24Cl2F4N4O4S. The van der Waals surface area contributed by atoms with Crippen LogP contribution < -0.4 is 4.74 Å². The SMILES string of the molecule is O=C(N1CCOCC1)N1CCC(C(F)(F)F)C(c2nn(C(=O)c3ccccc3Cl)c(OCc3ccc(Cl)s3)c2F)C1. The first kappa shape index (κ1) is 29.6. The van der Waals surface area contributed by atoms with Gasteiger partial charge in [0.05, 0.1) is 34.1 Å². The number of likely N-dealkylation sites (tertiary alicyclic amines) is 1. The highest BCUT2D eigenvalue weighted by atomic mass is 35.5. The van der Waals surface area contributed by atoms with Gasteiger partial charge in [-0.15, -0.1) is 11.3 Å². The Morgan fingerprint density at radius 3 is 2.46 bits per heavy atom. The van der Waals surface area contributed by atoms with Gasteiger partial charge >= 0.3 is 12.2 Å². The molecule has 0 bridgehead atoms. The van der Waals surface area contributed by atoms with Gasteiger partial charge in [-0.05, 0) is 30.7 Å². The van der Waals surface area contributed by atoms with Gasteiger partial charge in [0, 0.05) is 37.0 Å². The zero-order chi connectivity index (χ0) is 29.3. The molecule has 2 amide bonds. The second kappa shape index (κ2) is 12.2. The first-order valence-corrected chi connectivity index (χ1v) is 14.2. The van der Waals surface area contributed by atoms with Crippen LogP contribution in [0.1, 0.15) is 33.3 Å². The molecule has 2 fully saturated rings. The number of urea groups is 1. The molecule has 4 heterocycles. The Hall–Kier alpha value is -2.87. The standard InChI is InChI=1S/C26H24Cl2F4N4O4S/c27-19-4-2-1-3-16(19)23(37)36-24(40-14-15-5-6-20(28)41-15)21(29)22(33-36)17-13-35(8-7-18(17)26(30,31)32)25(38)34-9-11-39-12-10-34/h1-6,17-18H,7-14H2. The summed E-state index contributed by atoms with van der Waals surface area (Å²) in [4.78, 5) is 29.9. The lowest BCUT2D eigenvalue weighted by atomic mass is 9.82. The van der Waals surface area contributed by atoms with Gasteiger partial charge in [0.25, 0.3) is 11.8 Å². The predicted molar refractivity (Wildman–Crippen MR) is 143 cm³/mol. The van der Waals surface area contributed by atoms with Crippen molar-refractivity contribution in [1.29, 1.82) is 0 Å². The number of ether oxygens (including phenoxy) is 2. The van der Waals surface area contributed by atoms with Crippen LogP contribution in [0.2, 0.25) is 9.36 Å². The predicted octanol–water partition coefficient (Wildman–Crippen LogP) is 6.08. The van der Waals surface area contributed by atoms with Crippen LogP contribution >= 0.6 is 34.5 Å². The summed E-state index contributed by atoms with van der Waals surface area (Å²) in [5.41, 5.74) is -0.668. The summed E-state index contributed by atoms with van der Waals surface area (Å²) >= 11 is 13.3. The number of hydrogen-bond acceptors (Lipinski definition) is 6. The molecule has 2 aromatic heterocycles. The number of nitrogens with zero attached hydrogens (tertiary/aromatic N) is 4. The second-order valence-electron chi connectivity index (χ2n) is 9.57. The minimum Gasteiger partial charge on any atom is -0.470 e. The third-order valence-corrected chi connectivity index (χ3v) is 8.56. The maximum Gasteiger partial charge on any atom is 0.392 e. The van der Waals surface area contributed by atoms with E-state index in [0.29, 0.717) is 40.2 Å². The molecule has 2 aliphatic heterocycles. The molecule has 2 unspecified atom stereocenters. The third-order valence-electron chi connectivity index (χ3n) is 7.03. The van der Waals surface area contributed by atoms with Crippen LogP contribution in [0.15, 0.2) is 36.4 Å². The van der Waals surface area contributed by atoms with Crippen molar-refractivity contribution in [3.8, 4) is 5.88 Å². The van der Waals surface area contributed by atoms with Gasteiger partial charge < -0.3 is 19.3 Å². The van der Waals surface area contributed by atoms with Crippen LogP contribution in [0.25, 0.3) is 0 Å². The largest absolute Gasteiger partial charge is 0.470 e.